The Kier molecular flexibility index (Phi) is 1.84. The maximum atomic E-state index is 10.8. The Morgan fingerprint density at radius 3 is 2.64 bits per heavy atom. The van der Waals surface area contributed by atoms with Gasteiger partial charge in [-0.3, -0.25) is 0 Å². The molecule has 1 aromatic rings. The van der Waals surface area contributed by atoms with Crippen LogP contribution in [-0.2, 0) is 4.79 Å². The van der Waals surface area contributed by atoms with E-state index in [1.54, 1.807) is 12.1 Å². The number of benzene rings is 1. The highest BCUT2D eigenvalue weighted by Crippen LogP contribution is 2.40. The predicted molar refractivity (Wildman–Crippen MR) is 48.3 cm³/mol. The molecule has 1 fully saturated rings. The standard InChI is InChI=1S/C10H10O4/c11-7-2-1-3-8(6-7)14-10(4-5-10)9(12)13/h1-3,6,11H,4-5H2,(H,12,13). The lowest BCUT2D eigenvalue weighted by Gasteiger charge is -2.13. The number of aliphatic carboxylic acids is 1. The highest BCUT2D eigenvalue weighted by atomic mass is 16.5. The summed E-state index contributed by atoms with van der Waals surface area (Å²) >= 11 is 0. The van der Waals surface area contributed by atoms with Crippen LogP contribution < -0.4 is 4.74 Å². The van der Waals surface area contributed by atoms with Crippen LogP contribution in [0.5, 0.6) is 11.5 Å². The fourth-order valence-electron chi connectivity index (χ4n) is 1.25. The topological polar surface area (TPSA) is 66.8 Å². The number of phenolic OH excluding ortho intramolecular Hbond substituents is 1. The molecule has 1 aliphatic rings. The summed E-state index contributed by atoms with van der Waals surface area (Å²) in [7, 11) is 0. The lowest BCUT2D eigenvalue weighted by Crippen LogP contribution is -2.28. The van der Waals surface area contributed by atoms with E-state index < -0.39 is 11.6 Å². The summed E-state index contributed by atoms with van der Waals surface area (Å²) in [5, 5.41) is 18.0. The van der Waals surface area contributed by atoms with Gasteiger partial charge in [0.25, 0.3) is 0 Å². The van der Waals surface area contributed by atoms with Crippen LogP contribution in [0, 0.1) is 0 Å². The van der Waals surface area contributed by atoms with E-state index in [4.69, 9.17) is 14.9 Å². The van der Waals surface area contributed by atoms with Crippen molar-refractivity contribution in [3.63, 3.8) is 0 Å². The Morgan fingerprint density at radius 2 is 2.14 bits per heavy atom. The summed E-state index contributed by atoms with van der Waals surface area (Å²) in [4.78, 5) is 10.8. The second kappa shape index (κ2) is 2.90. The lowest BCUT2D eigenvalue weighted by molar-refractivity contribution is -0.147. The van der Waals surface area contributed by atoms with E-state index in [-0.39, 0.29) is 5.75 Å². The van der Waals surface area contributed by atoms with E-state index in [9.17, 15) is 4.79 Å². The summed E-state index contributed by atoms with van der Waals surface area (Å²) in [5.74, 6) is -0.477. The van der Waals surface area contributed by atoms with Gasteiger partial charge in [-0.05, 0) is 12.1 Å². The zero-order valence-electron chi connectivity index (χ0n) is 7.43. The molecular formula is C10H10O4. The van der Waals surface area contributed by atoms with Crippen LogP contribution in [0.1, 0.15) is 12.8 Å². The second-order valence-electron chi connectivity index (χ2n) is 3.40. The fraction of sp³-hybridized carbons (Fsp3) is 0.300. The van der Waals surface area contributed by atoms with Crippen molar-refractivity contribution in [2.75, 3.05) is 0 Å². The normalized spacial score (nSPS) is 17.4. The van der Waals surface area contributed by atoms with Gasteiger partial charge in [0.2, 0.25) is 5.60 Å². The first-order valence-electron chi connectivity index (χ1n) is 4.34. The molecule has 0 atom stereocenters. The molecule has 0 spiro atoms. The van der Waals surface area contributed by atoms with Crippen molar-refractivity contribution >= 4 is 5.97 Å². The number of rotatable bonds is 3. The molecule has 1 saturated carbocycles. The summed E-state index contributed by atoms with van der Waals surface area (Å²) in [5.41, 5.74) is -1.05. The largest absolute Gasteiger partial charge is 0.508 e. The highest BCUT2D eigenvalue weighted by Gasteiger charge is 2.53. The van der Waals surface area contributed by atoms with Crippen LogP contribution in [0.4, 0.5) is 0 Å². The average Bonchev–Trinajstić information content (AvgIpc) is 2.85. The number of carboxylic acids is 1. The minimum atomic E-state index is -1.05. The molecule has 14 heavy (non-hydrogen) atoms. The van der Waals surface area contributed by atoms with Gasteiger partial charge in [0, 0.05) is 18.9 Å². The second-order valence-corrected chi connectivity index (χ2v) is 3.40. The summed E-state index contributed by atoms with van der Waals surface area (Å²) < 4.78 is 5.30. The van der Waals surface area contributed by atoms with Crippen molar-refractivity contribution in [3.8, 4) is 11.5 Å². The van der Waals surface area contributed by atoms with Crippen LogP contribution >= 0.6 is 0 Å². The first-order valence-corrected chi connectivity index (χ1v) is 4.34. The van der Waals surface area contributed by atoms with Gasteiger partial charge in [-0.1, -0.05) is 6.07 Å². The van der Waals surface area contributed by atoms with Gasteiger partial charge in [0.1, 0.15) is 11.5 Å². The van der Waals surface area contributed by atoms with E-state index in [2.05, 4.69) is 0 Å². The molecule has 0 saturated heterocycles. The van der Waals surface area contributed by atoms with Crippen LogP contribution in [0.15, 0.2) is 24.3 Å². The van der Waals surface area contributed by atoms with Gasteiger partial charge < -0.3 is 14.9 Å². The summed E-state index contributed by atoms with van der Waals surface area (Å²) in [6, 6.07) is 6.15. The zero-order valence-corrected chi connectivity index (χ0v) is 7.43. The van der Waals surface area contributed by atoms with Gasteiger partial charge in [-0.15, -0.1) is 0 Å². The van der Waals surface area contributed by atoms with Gasteiger partial charge in [-0.2, -0.15) is 0 Å². The molecule has 0 bridgehead atoms. The van der Waals surface area contributed by atoms with Crippen LogP contribution in [0.2, 0.25) is 0 Å². The van der Waals surface area contributed by atoms with Gasteiger partial charge >= 0.3 is 5.97 Å². The molecule has 1 aliphatic carbocycles. The predicted octanol–water partition coefficient (Wildman–Crippen LogP) is 1.39. The zero-order chi connectivity index (χ0) is 10.2. The quantitative estimate of drug-likeness (QED) is 0.763. The number of phenols is 1. The van der Waals surface area contributed by atoms with E-state index in [1.807, 2.05) is 0 Å². The lowest BCUT2D eigenvalue weighted by atomic mass is 10.3. The van der Waals surface area contributed by atoms with E-state index in [0.717, 1.165) is 0 Å². The van der Waals surface area contributed by atoms with Crippen LogP contribution in [0.3, 0.4) is 0 Å². The third kappa shape index (κ3) is 1.51. The molecule has 4 heteroatoms. The van der Waals surface area contributed by atoms with Gasteiger partial charge in [0.15, 0.2) is 0 Å². The number of carboxylic acid groups (broad SMARTS) is 1. The average molecular weight is 194 g/mol. The maximum Gasteiger partial charge on any atom is 0.348 e. The first-order chi connectivity index (χ1) is 6.62. The summed E-state index contributed by atoms with van der Waals surface area (Å²) in [6.45, 7) is 0. The SMILES string of the molecule is O=C(O)C1(Oc2cccc(O)c2)CC1. The molecule has 0 heterocycles. The van der Waals surface area contributed by atoms with Crippen molar-refractivity contribution in [2.45, 2.75) is 18.4 Å². The molecular weight excluding hydrogens is 184 g/mol. The monoisotopic (exact) mass is 194 g/mol. The minimum absolute atomic E-state index is 0.0729. The Hall–Kier alpha value is -1.71. The van der Waals surface area contributed by atoms with E-state index in [0.29, 0.717) is 18.6 Å². The maximum absolute atomic E-state index is 10.8. The van der Waals surface area contributed by atoms with Crippen molar-refractivity contribution in [1.29, 1.82) is 0 Å². The van der Waals surface area contributed by atoms with Crippen LogP contribution in [-0.4, -0.2) is 21.8 Å². The van der Waals surface area contributed by atoms with Crippen molar-refractivity contribution in [1.82, 2.24) is 0 Å². The van der Waals surface area contributed by atoms with Crippen molar-refractivity contribution in [2.24, 2.45) is 0 Å². The molecule has 1 aromatic carbocycles. The van der Waals surface area contributed by atoms with Crippen molar-refractivity contribution < 1.29 is 19.7 Å². The van der Waals surface area contributed by atoms with Crippen molar-refractivity contribution in [3.05, 3.63) is 24.3 Å². The Labute approximate surface area is 80.7 Å². The highest BCUT2D eigenvalue weighted by molar-refractivity contribution is 5.81. The minimum Gasteiger partial charge on any atom is -0.508 e. The Bertz CT molecular complexity index is 368. The molecule has 4 nitrogen and oxygen atoms in total. The number of ether oxygens (including phenoxy) is 1. The van der Waals surface area contributed by atoms with Gasteiger partial charge in [-0.25, -0.2) is 4.79 Å². The molecule has 0 radical (unpaired) electrons. The third-order valence-corrected chi connectivity index (χ3v) is 2.22. The van der Waals surface area contributed by atoms with E-state index >= 15 is 0 Å². The molecule has 0 aromatic heterocycles. The molecule has 0 unspecified atom stereocenters. The number of carbonyl (C=O) groups is 1. The van der Waals surface area contributed by atoms with Gasteiger partial charge in [0.05, 0.1) is 0 Å². The molecule has 0 aliphatic heterocycles. The Morgan fingerprint density at radius 1 is 1.43 bits per heavy atom. The number of hydrogen-bond donors (Lipinski definition) is 2. The summed E-state index contributed by atoms with van der Waals surface area (Å²) in [6.07, 6.45) is 1.05. The smallest absolute Gasteiger partial charge is 0.348 e. The number of aromatic hydroxyl groups is 1. The fourth-order valence-corrected chi connectivity index (χ4v) is 1.25. The molecule has 2 N–H and O–H groups in total. The first kappa shape index (κ1) is 8.87. The number of hydrogen-bond acceptors (Lipinski definition) is 3. The third-order valence-electron chi connectivity index (χ3n) is 2.22. The van der Waals surface area contributed by atoms with Crippen LogP contribution in [0.25, 0.3) is 0 Å². The molecule has 74 valence electrons. The Balaban J connectivity index is 2.15. The molecule has 2 rings (SSSR count). The van der Waals surface area contributed by atoms with E-state index in [1.165, 1.54) is 12.1 Å². The molecule has 0 amide bonds.